The molecule has 37 heavy (non-hydrogen) atoms. The van der Waals surface area contributed by atoms with Gasteiger partial charge in [-0.3, -0.25) is 9.36 Å². The van der Waals surface area contributed by atoms with E-state index in [0.29, 0.717) is 29.2 Å². The molecule has 0 fully saturated rings. The second kappa shape index (κ2) is 9.89. The normalized spacial score (nSPS) is 11.4. The van der Waals surface area contributed by atoms with Gasteiger partial charge >= 0.3 is 5.69 Å². The van der Waals surface area contributed by atoms with E-state index in [4.69, 9.17) is 4.74 Å². The Morgan fingerprint density at radius 3 is 2.11 bits per heavy atom. The first-order valence-electron chi connectivity index (χ1n) is 12.0. The zero-order valence-corrected chi connectivity index (χ0v) is 20.9. The molecule has 0 amide bonds. The molecule has 188 valence electrons. The van der Waals surface area contributed by atoms with E-state index in [2.05, 4.69) is 18.8 Å². The molecule has 5 aromatic rings. The summed E-state index contributed by atoms with van der Waals surface area (Å²) in [6.07, 6.45) is 1.58. The van der Waals surface area contributed by atoms with Crippen LogP contribution in [0.4, 0.5) is 4.39 Å². The summed E-state index contributed by atoms with van der Waals surface area (Å²) in [5, 5.41) is 0. The summed E-state index contributed by atoms with van der Waals surface area (Å²) >= 11 is 0. The second-order valence-corrected chi connectivity index (χ2v) is 9.27. The fourth-order valence-corrected chi connectivity index (χ4v) is 4.38. The van der Waals surface area contributed by atoms with E-state index in [1.54, 1.807) is 30.1 Å². The molecule has 0 N–H and O–H groups in total. The van der Waals surface area contributed by atoms with Gasteiger partial charge in [-0.25, -0.2) is 18.7 Å². The molecule has 5 rings (SSSR count). The van der Waals surface area contributed by atoms with Gasteiger partial charge in [0.1, 0.15) is 11.6 Å². The molecule has 0 unspecified atom stereocenters. The number of nitrogens with zero attached hydrogens (tertiary/aromatic N) is 4. The molecule has 0 aliphatic carbocycles. The topological polar surface area (TPSA) is 71.1 Å². The van der Waals surface area contributed by atoms with Gasteiger partial charge in [0, 0.05) is 6.54 Å². The Labute approximate surface area is 213 Å². The van der Waals surface area contributed by atoms with Crippen LogP contribution in [0, 0.1) is 5.82 Å². The summed E-state index contributed by atoms with van der Waals surface area (Å²) in [5.74, 6) is 0.688. The molecule has 0 bridgehead atoms. The van der Waals surface area contributed by atoms with E-state index in [-0.39, 0.29) is 18.0 Å². The van der Waals surface area contributed by atoms with E-state index in [1.807, 2.05) is 48.5 Å². The largest absolute Gasteiger partial charge is 0.497 e. The van der Waals surface area contributed by atoms with Gasteiger partial charge in [0.25, 0.3) is 5.56 Å². The molecule has 2 heterocycles. The summed E-state index contributed by atoms with van der Waals surface area (Å²) in [6, 6.07) is 21.0. The van der Waals surface area contributed by atoms with Crippen molar-refractivity contribution in [2.45, 2.75) is 32.9 Å². The first-order chi connectivity index (χ1) is 17.9. The number of methoxy groups -OCH3 is 1. The molecule has 8 heteroatoms. The van der Waals surface area contributed by atoms with Crippen molar-refractivity contribution in [3.05, 3.63) is 122 Å². The molecule has 3 aromatic carbocycles. The number of hydrogen-bond donors (Lipinski definition) is 0. The quantitative estimate of drug-likeness (QED) is 0.326. The highest BCUT2D eigenvalue weighted by Crippen LogP contribution is 2.20. The van der Waals surface area contributed by atoms with Crippen LogP contribution < -0.4 is 16.0 Å². The predicted molar refractivity (Wildman–Crippen MR) is 141 cm³/mol. The first kappa shape index (κ1) is 24.2. The average Bonchev–Trinajstić information content (AvgIpc) is 3.31. The smallest absolute Gasteiger partial charge is 0.337 e. The van der Waals surface area contributed by atoms with Crippen molar-refractivity contribution in [1.29, 1.82) is 0 Å². The van der Waals surface area contributed by atoms with Crippen LogP contribution in [0.1, 0.15) is 36.5 Å². The van der Waals surface area contributed by atoms with Gasteiger partial charge in [-0.05, 0) is 59.0 Å². The Kier molecular flexibility index (Phi) is 6.48. The summed E-state index contributed by atoms with van der Waals surface area (Å²) < 4.78 is 23.1. The van der Waals surface area contributed by atoms with Crippen LogP contribution in [0.3, 0.4) is 0 Å². The number of benzene rings is 3. The van der Waals surface area contributed by atoms with Crippen LogP contribution in [-0.4, -0.2) is 25.8 Å². The van der Waals surface area contributed by atoms with Gasteiger partial charge in [0.15, 0.2) is 11.2 Å². The Hall–Kier alpha value is -4.46. The van der Waals surface area contributed by atoms with Crippen molar-refractivity contribution >= 4 is 11.2 Å². The van der Waals surface area contributed by atoms with Crippen LogP contribution in [0.5, 0.6) is 5.75 Å². The van der Waals surface area contributed by atoms with Gasteiger partial charge in [-0.1, -0.05) is 50.2 Å². The van der Waals surface area contributed by atoms with Crippen molar-refractivity contribution in [2.75, 3.05) is 7.11 Å². The molecule has 0 saturated heterocycles. The van der Waals surface area contributed by atoms with Crippen molar-refractivity contribution in [1.82, 2.24) is 18.7 Å². The molecule has 0 saturated carbocycles. The number of fused-ring (bicyclic) bond motifs is 1. The monoisotopic (exact) mass is 498 g/mol. The molecule has 0 aliphatic rings. The first-order valence-corrected chi connectivity index (χ1v) is 12.0. The van der Waals surface area contributed by atoms with Crippen LogP contribution in [0.25, 0.3) is 16.9 Å². The minimum absolute atomic E-state index is 0.00564. The maximum Gasteiger partial charge on any atom is 0.337 e. The molecule has 7 nitrogen and oxygen atoms in total. The minimum Gasteiger partial charge on any atom is -0.497 e. The Morgan fingerprint density at radius 1 is 0.865 bits per heavy atom. The van der Waals surface area contributed by atoms with E-state index in [0.717, 1.165) is 16.9 Å². The Bertz CT molecular complexity index is 1660. The zero-order valence-electron chi connectivity index (χ0n) is 20.9. The number of halogens is 1. The van der Waals surface area contributed by atoms with Crippen molar-refractivity contribution < 1.29 is 9.13 Å². The molecule has 0 atom stereocenters. The number of rotatable bonds is 7. The summed E-state index contributed by atoms with van der Waals surface area (Å²) in [5.41, 5.74) is 2.98. The Morgan fingerprint density at radius 2 is 1.49 bits per heavy atom. The highest BCUT2D eigenvalue weighted by molar-refractivity contribution is 5.72. The SMILES string of the molecule is COc1ccc(Cn2cnc3c2c(=O)n(Cc2ccc(F)cc2)c(=O)n3-c2ccc(C(C)C)cc2)cc1. The highest BCUT2D eigenvalue weighted by Gasteiger charge is 2.20. The third-order valence-corrected chi connectivity index (χ3v) is 6.48. The summed E-state index contributed by atoms with van der Waals surface area (Å²) in [4.78, 5) is 31.9. The van der Waals surface area contributed by atoms with Crippen LogP contribution in [0.2, 0.25) is 0 Å². The number of ether oxygens (including phenoxy) is 1. The number of aromatic nitrogens is 4. The van der Waals surface area contributed by atoms with E-state index < -0.39 is 11.2 Å². The predicted octanol–water partition coefficient (Wildman–Crippen LogP) is 4.72. The maximum atomic E-state index is 13.7. The minimum atomic E-state index is -0.506. The highest BCUT2D eigenvalue weighted by atomic mass is 19.1. The molecule has 2 aromatic heterocycles. The molecule has 0 spiro atoms. The van der Waals surface area contributed by atoms with Crippen molar-refractivity contribution in [3.8, 4) is 11.4 Å². The number of hydrogen-bond acceptors (Lipinski definition) is 4. The van der Waals surface area contributed by atoms with Gasteiger partial charge in [0.2, 0.25) is 0 Å². The zero-order chi connectivity index (χ0) is 26.1. The fraction of sp³-hybridized carbons (Fsp3) is 0.207. The van der Waals surface area contributed by atoms with Gasteiger partial charge in [-0.2, -0.15) is 0 Å². The summed E-state index contributed by atoms with van der Waals surface area (Å²) in [6.45, 7) is 4.59. The van der Waals surface area contributed by atoms with Crippen LogP contribution >= 0.6 is 0 Å². The third-order valence-electron chi connectivity index (χ3n) is 6.48. The van der Waals surface area contributed by atoms with Gasteiger partial charge in [-0.15, -0.1) is 0 Å². The van der Waals surface area contributed by atoms with Gasteiger partial charge in [0.05, 0.1) is 25.7 Å². The van der Waals surface area contributed by atoms with Crippen LogP contribution in [-0.2, 0) is 13.1 Å². The molecular weight excluding hydrogens is 471 g/mol. The van der Waals surface area contributed by atoms with Crippen molar-refractivity contribution in [2.24, 2.45) is 0 Å². The standard InChI is InChI=1S/C29H27FN4O3/c1-19(2)22-8-12-24(13-9-22)34-27-26(32(18-31-27)16-20-6-14-25(37-3)15-7-20)28(35)33(29(34)36)17-21-4-10-23(30)11-5-21/h4-15,18-19H,16-17H2,1-3H3. The maximum absolute atomic E-state index is 13.7. The third kappa shape index (κ3) is 4.70. The lowest BCUT2D eigenvalue weighted by Gasteiger charge is -2.14. The van der Waals surface area contributed by atoms with Crippen LogP contribution in [0.15, 0.2) is 88.7 Å². The lowest BCUT2D eigenvalue weighted by Crippen LogP contribution is -2.40. The van der Waals surface area contributed by atoms with E-state index in [1.165, 1.54) is 21.3 Å². The molecule has 0 aliphatic heterocycles. The van der Waals surface area contributed by atoms with E-state index in [9.17, 15) is 14.0 Å². The number of imidazole rings is 1. The van der Waals surface area contributed by atoms with Crippen molar-refractivity contribution in [3.63, 3.8) is 0 Å². The fourth-order valence-electron chi connectivity index (χ4n) is 4.38. The average molecular weight is 499 g/mol. The molecular formula is C29H27FN4O3. The molecule has 0 radical (unpaired) electrons. The lowest BCUT2D eigenvalue weighted by atomic mass is 10.0. The van der Waals surface area contributed by atoms with Gasteiger partial charge < -0.3 is 9.30 Å². The van der Waals surface area contributed by atoms with E-state index >= 15 is 0 Å². The lowest BCUT2D eigenvalue weighted by molar-refractivity contribution is 0.414. The Balaban J connectivity index is 1.70. The summed E-state index contributed by atoms with van der Waals surface area (Å²) in [7, 11) is 1.61. The second-order valence-electron chi connectivity index (χ2n) is 9.27.